The number of nitrogens with zero attached hydrogens (tertiary/aromatic N) is 2. The molecule has 2 aromatic rings. The monoisotopic (exact) mass is 516 g/mol. The number of guanidine groups is 1. The van der Waals surface area contributed by atoms with Gasteiger partial charge in [0.25, 0.3) is 5.91 Å². The molecule has 0 saturated carbocycles. The van der Waals surface area contributed by atoms with Gasteiger partial charge in [0.1, 0.15) is 5.75 Å². The lowest BCUT2D eigenvalue weighted by Gasteiger charge is -2.22. The van der Waals surface area contributed by atoms with Gasteiger partial charge in [0, 0.05) is 32.2 Å². The number of nitrogens with two attached hydrogens (primary N) is 1. The fraction of sp³-hybridized carbons (Fsp3) is 0.300. The first-order valence-electron chi connectivity index (χ1n) is 8.64. The molecule has 0 unspecified atom stereocenters. The van der Waals surface area contributed by atoms with E-state index in [-0.39, 0.29) is 30.6 Å². The Kier molecular flexibility index (Phi) is 10.7. The van der Waals surface area contributed by atoms with Gasteiger partial charge in [-0.1, -0.05) is 35.9 Å². The minimum atomic E-state index is -0.489. The van der Waals surface area contributed by atoms with Crippen LogP contribution in [0.4, 0.5) is 0 Å². The second kappa shape index (κ2) is 12.5. The zero-order valence-electron chi connectivity index (χ0n) is 16.0. The van der Waals surface area contributed by atoms with E-state index in [4.69, 9.17) is 22.1 Å². The molecule has 0 aliphatic rings. The summed E-state index contributed by atoms with van der Waals surface area (Å²) >= 11 is 5.93. The van der Waals surface area contributed by atoms with Crippen LogP contribution in [-0.2, 0) is 17.8 Å². The molecule has 2 aromatic carbocycles. The molecule has 0 aliphatic heterocycles. The lowest BCUT2D eigenvalue weighted by molar-refractivity contribution is -0.119. The Morgan fingerprint density at radius 3 is 2.32 bits per heavy atom. The minimum Gasteiger partial charge on any atom is -0.484 e. The molecule has 6 nitrogen and oxygen atoms in total. The van der Waals surface area contributed by atoms with Crippen LogP contribution in [0.2, 0.25) is 5.02 Å². The molecule has 0 spiro atoms. The molecule has 1 amide bonds. The van der Waals surface area contributed by atoms with Gasteiger partial charge in [-0.25, -0.2) is 0 Å². The number of carbonyl (C=O) groups excluding carboxylic acids is 1. The Balaban J connectivity index is 0.00000392. The summed E-state index contributed by atoms with van der Waals surface area (Å²) in [5, 5.41) is 4.09. The average molecular weight is 517 g/mol. The quantitative estimate of drug-likeness (QED) is 0.321. The number of rotatable bonds is 8. The molecular weight excluding hydrogens is 491 g/mol. The largest absolute Gasteiger partial charge is 0.484 e. The summed E-state index contributed by atoms with van der Waals surface area (Å²) in [6.45, 7) is 1.37. The van der Waals surface area contributed by atoms with E-state index >= 15 is 0 Å². The van der Waals surface area contributed by atoms with Crippen LogP contribution >= 0.6 is 35.6 Å². The normalized spacial score (nSPS) is 10.8. The van der Waals surface area contributed by atoms with Crippen molar-refractivity contribution in [3.05, 3.63) is 64.7 Å². The maximum Gasteiger partial charge on any atom is 0.255 e. The van der Waals surface area contributed by atoms with Crippen LogP contribution in [0.5, 0.6) is 5.75 Å². The van der Waals surface area contributed by atoms with Gasteiger partial charge < -0.3 is 20.7 Å². The number of nitrogens with one attached hydrogen (secondary N) is 1. The van der Waals surface area contributed by atoms with Gasteiger partial charge in [-0.05, 0) is 41.8 Å². The van der Waals surface area contributed by atoms with Crippen molar-refractivity contribution in [1.29, 1.82) is 0 Å². The standard InChI is InChI=1S/C20H25ClN4O2.HI/c1-23-20(25(2)13-16-3-7-17(21)8-4-16)24-12-11-15-5-9-18(10-6-15)27-14-19(22)26;/h3-10H,11-14H2,1-2H3,(H2,22,26)(H,23,24);1H. The zero-order valence-corrected chi connectivity index (χ0v) is 19.1. The molecule has 3 N–H and O–H groups in total. The number of amides is 1. The maximum atomic E-state index is 10.7. The Hall–Kier alpha value is -2.00. The first-order valence-corrected chi connectivity index (χ1v) is 9.02. The maximum absolute atomic E-state index is 10.7. The number of carbonyl (C=O) groups is 1. The van der Waals surface area contributed by atoms with Crippen molar-refractivity contribution in [2.24, 2.45) is 10.7 Å². The van der Waals surface area contributed by atoms with Crippen LogP contribution in [0.25, 0.3) is 0 Å². The Morgan fingerprint density at radius 1 is 1.14 bits per heavy atom. The fourth-order valence-corrected chi connectivity index (χ4v) is 2.67. The SMILES string of the molecule is CN=C(NCCc1ccc(OCC(N)=O)cc1)N(C)Cc1ccc(Cl)cc1.I. The summed E-state index contributed by atoms with van der Waals surface area (Å²) in [7, 11) is 3.76. The minimum absolute atomic E-state index is 0. The molecule has 0 saturated heterocycles. The van der Waals surface area contributed by atoms with Gasteiger partial charge in [0.15, 0.2) is 12.6 Å². The summed E-state index contributed by atoms with van der Waals surface area (Å²) in [4.78, 5) is 17.1. The van der Waals surface area contributed by atoms with Crippen LogP contribution in [0, 0.1) is 0 Å². The second-order valence-electron chi connectivity index (χ2n) is 6.11. The van der Waals surface area contributed by atoms with Crippen LogP contribution in [0.15, 0.2) is 53.5 Å². The highest BCUT2D eigenvalue weighted by molar-refractivity contribution is 14.0. The molecule has 152 valence electrons. The third kappa shape index (κ3) is 8.35. The van der Waals surface area contributed by atoms with E-state index < -0.39 is 5.91 Å². The van der Waals surface area contributed by atoms with Crippen LogP contribution < -0.4 is 15.8 Å². The van der Waals surface area contributed by atoms with Crippen molar-refractivity contribution in [3.63, 3.8) is 0 Å². The summed E-state index contributed by atoms with van der Waals surface area (Å²) in [5.74, 6) is 0.966. The summed E-state index contributed by atoms with van der Waals surface area (Å²) in [5.41, 5.74) is 7.38. The average Bonchev–Trinajstić information content (AvgIpc) is 2.66. The number of primary amides is 1. The van der Waals surface area contributed by atoms with Crippen molar-refractivity contribution in [2.75, 3.05) is 27.2 Å². The van der Waals surface area contributed by atoms with E-state index in [0.717, 1.165) is 41.6 Å². The highest BCUT2D eigenvalue weighted by Crippen LogP contribution is 2.13. The highest BCUT2D eigenvalue weighted by atomic mass is 127. The second-order valence-corrected chi connectivity index (χ2v) is 6.54. The van der Waals surface area contributed by atoms with Crippen LogP contribution in [0.1, 0.15) is 11.1 Å². The van der Waals surface area contributed by atoms with Gasteiger partial charge in [0.05, 0.1) is 0 Å². The van der Waals surface area contributed by atoms with Crippen LogP contribution in [-0.4, -0.2) is 44.0 Å². The van der Waals surface area contributed by atoms with Gasteiger partial charge in [0.2, 0.25) is 0 Å². The van der Waals surface area contributed by atoms with Crippen molar-refractivity contribution >= 4 is 47.4 Å². The zero-order chi connectivity index (χ0) is 19.6. The lowest BCUT2D eigenvalue weighted by atomic mass is 10.1. The Bertz CT molecular complexity index is 767. The van der Waals surface area contributed by atoms with E-state index in [1.165, 1.54) is 0 Å². The van der Waals surface area contributed by atoms with E-state index in [1.54, 1.807) is 7.05 Å². The molecule has 0 aliphatic carbocycles. The molecule has 0 fully saturated rings. The molecule has 0 aromatic heterocycles. The first-order chi connectivity index (χ1) is 13.0. The molecular formula is C20H26ClIN4O2. The first kappa shape index (κ1) is 24.0. The molecule has 8 heteroatoms. The number of hydrogen-bond acceptors (Lipinski definition) is 3. The Labute approximate surface area is 188 Å². The number of aliphatic imine (C=N–C) groups is 1. The van der Waals surface area contributed by atoms with Crippen molar-refractivity contribution < 1.29 is 9.53 Å². The van der Waals surface area contributed by atoms with E-state index in [9.17, 15) is 4.79 Å². The number of ether oxygens (including phenoxy) is 1. The van der Waals surface area contributed by atoms with Crippen molar-refractivity contribution in [3.8, 4) is 5.75 Å². The number of benzene rings is 2. The topological polar surface area (TPSA) is 80.0 Å². The summed E-state index contributed by atoms with van der Waals surface area (Å²) in [6.07, 6.45) is 0.837. The molecule has 2 rings (SSSR count). The van der Waals surface area contributed by atoms with E-state index in [0.29, 0.717) is 5.75 Å². The Morgan fingerprint density at radius 2 is 1.75 bits per heavy atom. The molecule has 0 radical (unpaired) electrons. The van der Waals surface area contributed by atoms with E-state index in [2.05, 4.69) is 15.2 Å². The van der Waals surface area contributed by atoms with Gasteiger partial charge >= 0.3 is 0 Å². The fourth-order valence-electron chi connectivity index (χ4n) is 2.55. The lowest BCUT2D eigenvalue weighted by Crippen LogP contribution is -2.39. The van der Waals surface area contributed by atoms with Crippen molar-refractivity contribution in [1.82, 2.24) is 10.2 Å². The van der Waals surface area contributed by atoms with Gasteiger partial charge in [-0.2, -0.15) is 0 Å². The smallest absolute Gasteiger partial charge is 0.255 e. The molecule has 0 atom stereocenters. The number of hydrogen-bond donors (Lipinski definition) is 2. The van der Waals surface area contributed by atoms with Gasteiger partial charge in [-0.3, -0.25) is 9.79 Å². The predicted octanol–water partition coefficient (Wildman–Crippen LogP) is 3.07. The van der Waals surface area contributed by atoms with Crippen molar-refractivity contribution in [2.45, 2.75) is 13.0 Å². The highest BCUT2D eigenvalue weighted by Gasteiger charge is 2.06. The summed E-state index contributed by atoms with van der Waals surface area (Å²) < 4.78 is 5.25. The molecule has 0 heterocycles. The molecule has 0 bridgehead atoms. The predicted molar refractivity (Wildman–Crippen MR) is 125 cm³/mol. The molecule has 28 heavy (non-hydrogen) atoms. The summed E-state index contributed by atoms with van der Waals surface area (Å²) in [6, 6.07) is 15.4. The third-order valence-corrected chi connectivity index (χ3v) is 4.16. The van der Waals surface area contributed by atoms with E-state index in [1.807, 2.05) is 55.6 Å². The number of halogens is 2. The third-order valence-electron chi connectivity index (χ3n) is 3.91. The van der Waals surface area contributed by atoms with Gasteiger partial charge in [-0.15, -0.1) is 24.0 Å². The van der Waals surface area contributed by atoms with Crippen LogP contribution in [0.3, 0.4) is 0 Å².